The van der Waals surface area contributed by atoms with E-state index in [2.05, 4.69) is 15.6 Å². The Morgan fingerprint density at radius 1 is 1.13 bits per heavy atom. The molecule has 0 saturated heterocycles. The fourth-order valence-electron chi connectivity index (χ4n) is 2.80. The molecule has 2 aromatic heterocycles. The monoisotopic (exact) mass is 438 g/mol. The minimum Gasteiger partial charge on any atom is -0.490 e. The van der Waals surface area contributed by atoms with E-state index < -0.39 is 16.7 Å². The van der Waals surface area contributed by atoms with Crippen LogP contribution in [0.2, 0.25) is 0 Å². The van der Waals surface area contributed by atoms with E-state index in [1.807, 2.05) is 0 Å². The lowest BCUT2D eigenvalue weighted by atomic mass is 10.1. The number of rotatable bonds is 6. The van der Waals surface area contributed by atoms with Gasteiger partial charge in [-0.3, -0.25) is 25.0 Å². The molecule has 10 nitrogen and oxygen atoms in total. The number of nitrogens with zero attached hydrogens (tertiary/aromatic N) is 2. The highest BCUT2D eigenvalue weighted by Crippen LogP contribution is 2.30. The van der Waals surface area contributed by atoms with Gasteiger partial charge in [-0.2, -0.15) is 0 Å². The molecule has 0 bridgehead atoms. The first-order valence-corrected chi connectivity index (χ1v) is 9.65. The summed E-state index contributed by atoms with van der Waals surface area (Å²) in [5.41, 5.74) is 0.926. The lowest BCUT2D eigenvalue weighted by Gasteiger charge is -2.07. The average molecular weight is 438 g/mol. The molecule has 0 aliphatic rings. The second-order valence-corrected chi connectivity index (χ2v) is 7.26. The van der Waals surface area contributed by atoms with Gasteiger partial charge in [0.25, 0.3) is 11.8 Å². The Hall–Kier alpha value is -4.25. The van der Waals surface area contributed by atoms with E-state index in [1.54, 1.807) is 30.3 Å². The Labute approximate surface area is 178 Å². The van der Waals surface area contributed by atoms with Crippen LogP contribution in [-0.4, -0.2) is 28.8 Å². The van der Waals surface area contributed by atoms with Crippen LogP contribution >= 0.6 is 11.3 Å². The van der Waals surface area contributed by atoms with Gasteiger partial charge in [-0.05, 0) is 42.5 Å². The third-order valence-electron chi connectivity index (χ3n) is 4.25. The van der Waals surface area contributed by atoms with Crippen LogP contribution in [0.25, 0.3) is 10.2 Å². The first-order chi connectivity index (χ1) is 14.9. The van der Waals surface area contributed by atoms with Crippen molar-refractivity contribution in [3.63, 3.8) is 0 Å². The minimum atomic E-state index is -0.614. The molecule has 4 rings (SSSR count). The number of amides is 2. The van der Waals surface area contributed by atoms with Gasteiger partial charge in [0.2, 0.25) is 0 Å². The van der Waals surface area contributed by atoms with Gasteiger partial charge in [-0.15, -0.1) is 0 Å². The number of hydrogen-bond acceptors (Lipinski definition) is 8. The van der Waals surface area contributed by atoms with E-state index in [4.69, 9.17) is 9.15 Å². The molecular formula is C20H14N4O6S. The first kappa shape index (κ1) is 20.0. The maximum atomic E-state index is 12.6. The summed E-state index contributed by atoms with van der Waals surface area (Å²) in [6.45, 7) is 0. The Bertz CT molecular complexity index is 1300. The number of furan rings is 1. The molecular weight excluding hydrogens is 424 g/mol. The van der Waals surface area contributed by atoms with Crippen molar-refractivity contribution in [3.8, 4) is 5.75 Å². The summed E-state index contributed by atoms with van der Waals surface area (Å²) in [6.07, 6.45) is 1.40. The van der Waals surface area contributed by atoms with Crippen molar-refractivity contribution in [1.82, 2.24) is 4.98 Å². The largest absolute Gasteiger partial charge is 0.490 e. The molecule has 156 valence electrons. The van der Waals surface area contributed by atoms with Crippen LogP contribution in [0, 0.1) is 10.1 Å². The lowest BCUT2D eigenvalue weighted by Crippen LogP contribution is -2.12. The molecule has 2 amide bonds. The Morgan fingerprint density at radius 2 is 1.97 bits per heavy atom. The SMILES string of the molecule is COc1ccc(C(=O)Nc2ccc3nc(NC(=O)c4ccco4)sc3c2)cc1[N+](=O)[O-]. The van der Waals surface area contributed by atoms with Gasteiger partial charge in [0.15, 0.2) is 16.6 Å². The number of nitro groups is 1. The van der Waals surface area contributed by atoms with Gasteiger partial charge < -0.3 is 14.5 Å². The highest BCUT2D eigenvalue weighted by molar-refractivity contribution is 7.22. The normalized spacial score (nSPS) is 10.6. The molecule has 0 aliphatic heterocycles. The zero-order valence-corrected chi connectivity index (χ0v) is 16.8. The van der Waals surface area contributed by atoms with E-state index in [0.29, 0.717) is 16.3 Å². The summed E-state index contributed by atoms with van der Waals surface area (Å²) in [4.78, 5) is 39.5. The topological polar surface area (TPSA) is 137 Å². The highest BCUT2D eigenvalue weighted by Gasteiger charge is 2.19. The van der Waals surface area contributed by atoms with E-state index in [1.165, 1.54) is 36.8 Å². The predicted molar refractivity (Wildman–Crippen MR) is 114 cm³/mol. The van der Waals surface area contributed by atoms with Crippen molar-refractivity contribution in [3.05, 3.63) is 76.2 Å². The number of nitro benzene ring substituents is 1. The molecule has 11 heteroatoms. The van der Waals surface area contributed by atoms with Gasteiger partial charge in [0.05, 0.1) is 28.5 Å². The van der Waals surface area contributed by atoms with Crippen molar-refractivity contribution in [2.24, 2.45) is 0 Å². The molecule has 2 heterocycles. The van der Waals surface area contributed by atoms with Crippen LogP contribution in [0.3, 0.4) is 0 Å². The number of methoxy groups -OCH3 is 1. The molecule has 2 aromatic carbocycles. The van der Waals surface area contributed by atoms with E-state index in [9.17, 15) is 19.7 Å². The zero-order valence-electron chi connectivity index (χ0n) is 15.9. The zero-order chi connectivity index (χ0) is 22.0. The van der Waals surface area contributed by atoms with Gasteiger partial charge in [0, 0.05) is 17.3 Å². The number of hydrogen-bond donors (Lipinski definition) is 2. The molecule has 4 aromatic rings. The van der Waals surface area contributed by atoms with Crippen LogP contribution in [0.15, 0.2) is 59.2 Å². The van der Waals surface area contributed by atoms with Gasteiger partial charge in [-0.25, -0.2) is 4.98 Å². The molecule has 0 aliphatic carbocycles. The number of carbonyl (C=O) groups excluding carboxylic acids is 2. The third-order valence-corrected chi connectivity index (χ3v) is 5.18. The summed E-state index contributed by atoms with van der Waals surface area (Å²) in [5.74, 6) is -0.697. The van der Waals surface area contributed by atoms with Crippen LogP contribution < -0.4 is 15.4 Å². The average Bonchev–Trinajstić information content (AvgIpc) is 3.42. The molecule has 0 saturated carbocycles. The third kappa shape index (κ3) is 4.21. The molecule has 0 unspecified atom stereocenters. The molecule has 2 N–H and O–H groups in total. The number of thiazole rings is 1. The van der Waals surface area contributed by atoms with Crippen LogP contribution in [0.5, 0.6) is 5.75 Å². The summed E-state index contributed by atoms with van der Waals surface area (Å²) >= 11 is 1.23. The molecule has 0 fully saturated rings. The van der Waals surface area contributed by atoms with Crippen molar-refractivity contribution in [2.45, 2.75) is 0 Å². The Morgan fingerprint density at radius 3 is 2.68 bits per heavy atom. The van der Waals surface area contributed by atoms with Crippen molar-refractivity contribution in [1.29, 1.82) is 0 Å². The first-order valence-electron chi connectivity index (χ1n) is 8.84. The molecule has 0 radical (unpaired) electrons. The number of anilines is 2. The van der Waals surface area contributed by atoms with Crippen LogP contribution in [0.1, 0.15) is 20.9 Å². The highest BCUT2D eigenvalue weighted by atomic mass is 32.1. The minimum absolute atomic E-state index is 0.0664. The fraction of sp³-hybridized carbons (Fsp3) is 0.0500. The summed E-state index contributed by atoms with van der Waals surface area (Å²) in [5, 5.41) is 16.9. The summed E-state index contributed by atoms with van der Waals surface area (Å²) in [6, 6.07) is 12.2. The van der Waals surface area contributed by atoms with Gasteiger partial charge in [-0.1, -0.05) is 11.3 Å². The van der Waals surface area contributed by atoms with Gasteiger partial charge in [0.1, 0.15) is 0 Å². The Balaban J connectivity index is 1.52. The quantitative estimate of drug-likeness (QED) is 0.338. The van der Waals surface area contributed by atoms with E-state index >= 15 is 0 Å². The molecule has 31 heavy (non-hydrogen) atoms. The van der Waals surface area contributed by atoms with Crippen LogP contribution in [0.4, 0.5) is 16.5 Å². The van der Waals surface area contributed by atoms with E-state index in [0.717, 1.165) is 10.8 Å². The second kappa shape index (κ2) is 8.24. The molecule has 0 atom stereocenters. The van der Waals surface area contributed by atoms with Gasteiger partial charge >= 0.3 is 5.69 Å². The number of aromatic nitrogens is 1. The van der Waals surface area contributed by atoms with Crippen molar-refractivity contribution in [2.75, 3.05) is 17.7 Å². The van der Waals surface area contributed by atoms with Crippen LogP contribution in [-0.2, 0) is 0 Å². The number of nitrogens with one attached hydrogen (secondary N) is 2. The second-order valence-electron chi connectivity index (χ2n) is 6.23. The van der Waals surface area contributed by atoms with E-state index in [-0.39, 0.29) is 22.8 Å². The maximum Gasteiger partial charge on any atom is 0.311 e. The smallest absolute Gasteiger partial charge is 0.311 e. The number of carbonyl (C=O) groups is 2. The summed E-state index contributed by atoms with van der Waals surface area (Å²) < 4.78 is 10.7. The number of fused-ring (bicyclic) bond motifs is 1. The van der Waals surface area contributed by atoms with Crippen molar-refractivity contribution < 1.29 is 23.7 Å². The number of ether oxygens (including phenoxy) is 1. The molecule has 0 spiro atoms. The van der Waals surface area contributed by atoms with Crippen molar-refractivity contribution >= 4 is 49.9 Å². The maximum absolute atomic E-state index is 12.6. The summed E-state index contributed by atoms with van der Waals surface area (Å²) in [7, 11) is 1.32. The standard InChI is InChI=1S/C20H14N4O6S/c1-29-15-7-4-11(9-14(15)24(27)28)18(25)21-12-5-6-13-17(10-12)31-20(22-13)23-19(26)16-3-2-8-30-16/h2-10H,1H3,(H,21,25)(H,22,23,26). The predicted octanol–water partition coefficient (Wildman–Crippen LogP) is 4.31. The number of benzene rings is 2. The lowest BCUT2D eigenvalue weighted by molar-refractivity contribution is -0.385. The Kier molecular flexibility index (Phi) is 5.33. The fourth-order valence-corrected chi connectivity index (χ4v) is 3.70.